The summed E-state index contributed by atoms with van der Waals surface area (Å²) in [5, 5.41) is 23.5. The number of amides is 1. The van der Waals surface area contributed by atoms with Gasteiger partial charge in [0.15, 0.2) is 5.65 Å². The molecule has 3 heterocycles. The monoisotopic (exact) mass is 467 g/mol. The van der Waals surface area contributed by atoms with E-state index in [2.05, 4.69) is 26.0 Å². The zero-order valence-corrected chi connectivity index (χ0v) is 19.9. The zero-order valence-electron chi connectivity index (χ0n) is 19.9. The van der Waals surface area contributed by atoms with Gasteiger partial charge in [-0.05, 0) is 50.7 Å². The van der Waals surface area contributed by atoms with Crippen LogP contribution in [-0.2, 0) is 0 Å². The molecule has 2 aliphatic rings. The molecule has 2 aliphatic carbocycles. The van der Waals surface area contributed by atoms with Gasteiger partial charge in [0.2, 0.25) is 0 Å². The molecule has 34 heavy (non-hydrogen) atoms. The summed E-state index contributed by atoms with van der Waals surface area (Å²) in [5.74, 6) is 0.864. The molecule has 1 amide bonds. The highest BCUT2D eigenvalue weighted by Gasteiger charge is 2.26. The third-order valence-corrected chi connectivity index (χ3v) is 6.13. The molecule has 2 saturated carbocycles. The minimum absolute atomic E-state index is 0.0242. The van der Waals surface area contributed by atoms with E-state index in [1.165, 1.54) is 6.20 Å². The molecule has 2 atom stereocenters. The molecular weight excluding hydrogens is 434 g/mol. The van der Waals surface area contributed by atoms with Gasteiger partial charge in [-0.2, -0.15) is 9.61 Å². The summed E-state index contributed by atoms with van der Waals surface area (Å²) in [6.07, 6.45) is 8.00. The number of hydrogen-bond acceptors (Lipinski definition) is 7. The van der Waals surface area contributed by atoms with E-state index in [1.54, 1.807) is 34.5 Å². The molecular formula is C24H33N7O3. The van der Waals surface area contributed by atoms with Crippen LogP contribution in [0.4, 0.5) is 17.3 Å². The summed E-state index contributed by atoms with van der Waals surface area (Å²) < 4.78 is 3.26. The number of fused-ring (bicyclic) bond motifs is 1. The van der Waals surface area contributed by atoms with Crippen molar-refractivity contribution in [3.8, 4) is 0 Å². The quantitative estimate of drug-likeness (QED) is 0.439. The fourth-order valence-electron chi connectivity index (χ4n) is 4.28. The molecule has 3 aromatic heterocycles. The first-order chi connectivity index (χ1) is 16.5. The number of aromatic nitrogens is 4. The van der Waals surface area contributed by atoms with E-state index in [1.807, 2.05) is 19.9 Å². The van der Waals surface area contributed by atoms with Crippen molar-refractivity contribution in [3.63, 3.8) is 0 Å². The number of rotatable bonds is 6. The van der Waals surface area contributed by atoms with Crippen molar-refractivity contribution >= 4 is 28.9 Å². The minimum atomic E-state index is -0.374. The normalized spacial score (nSPS) is 19.8. The molecule has 10 heteroatoms. The number of hydrogen-bond donors (Lipinski definition) is 4. The van der Waals surface area contributed by atoms with Crippen molar-refractivity contribution in [2.24, 2.45) is 0 Å². The highest BCUT2D eigenvalue weighted by atomic mass is 16.3. The van der Waals surface area contributed by atoms with Gasteiger partial charge in [-0.25, -0.2) is 4.98 Å². The highest BCUT2D eigenvalue weighted by Crippen LogP contribution is 2.28. The van der Waals surface area contributed by atoms with Gasteiger partial charge < -0.3 is 25.6 Å². The summed E-state index contributed by atoms with van der Waals surface area (Å²) in [5.41, 5.74) is 1.01. The fourth-order valence-corrected chi connectivity index (χ4v) is 4.28. The lowest BCUT2D eigenvalue weighted by molar-refractivity contribution is 0.0952. The van der Waals surface area contributed by atoms with E-state index >= 15 is 0 Å². The van der Waals surface area contributed by atoms with Crippen LogP contribution >= 0.6 is 0 Å². The largest absolute Gasteiger partial charge is 0.393 e. The summed E-state index contributed by atoms with van der Waals surface area (Å²) in [4.78, 5) is 30.3. The average molecular weight is 468 g/mol. The van der Waals surface area contributed by atoms with E-state index < -0.39 is 0 Å². The van der Waals surface area contributed by atoms with Crippen LogP contribution in [0.1, 0.15) is 68.8 Å². The van der Waals surface area contributed by atoms with E-state index in [9.17, 15) is 14.7 Å². The summed E-state index contributed by atoms with van der Waals surface area (Å²) in [6, 6.07) is 5.46. The topological polar surface area (TPSA) is 126 Å². The van der Waals surface area contributed by atoms with Crippen LogP contribution in [-0.4, -0.2) is 49.4 Å². The van der Waals surface area contributed by atoms with Crippen LogP contribution in [0.25, 0.3) is 5.65 Å². The summed E-state index contributed by atoms with van der Waals surface area (Å²) in [6.45, 7) is 4.00. The smallest absolute Gasteiger partial charge is 0.274 e. The second-order valence-corrected chi connectivity index (χ2v) is 8.55. The number of aliphatic hydroxyl groups excluding tert-OH is 1. The number of pyridine rings is 1. The molecule has 4 N–H and O–H groups in total. The van der Waals surface area contributed by atoms with Gasteiger partial charge in [0.25, 0.3) is 11.5 Å². The van der Waals surface area contributed by atoms with Crippen molar-refractivity contribution in [2.75, 3.05) is 17.7 Å². The van der Waals surface area contributed by atoms with Crippen LogP contribution in [0.15, 0.2) is 35.4 Å². The van der Waals surface area contributed by atoms with Crippen LogP contribution in [0.5, 0.6) is 0 Å². The van der Waals surface area contributed by atoms with Gasteiger partial charge in [-0.3, -0.25) is 9.59 Å². The lowest BCUT2D eigenvalue weighted by Gasteiger charge is -2.27. The Bertz CT molecular complexity index is 1210. The maximum absolute atomic E-state index is 13.1. The van der Waals surface area contributed by atoms with Crippen molar-refractivity contribution in [2.45, 2.75) is 70.6 Å². The molecule has 2 fully saturated rings. The molecule has 2 unspecified atom stereocenters. The van der Waals surface area contributed by atoms with Crippen molar-refractivity contribution in [1.29, 1.82) is 0 Å². The molecule has 0 spiro atoms. The Labute approximate surface area is 198 Å². The van der Waals surface area contributed by atoms with Crippen LogP contribution in [0, 0.1) is 0 Å². The van der Waals surface area contributed by atoms with Gasteiger partial charge in [0, 0.05) is 31.4 Å². The molecule has 182 valence electrons. The maximum Gasteiger partial charge on any atom is 0.274 e. The van der Waals surface area contributed by atoms with E-state index in [0.717, 1.165) is 32.1 Å². The highest BCUT2D eigenvalue weighted by molar-refractivity contribution is 6.00. The third kappa shape index (κ3) is 4.91. The Hall–Kier alpha value is -3.40. The lowest BCUT2D eigenvalue weighted by atomic mass is 9.93. The van der Waals surface area contributed by atoms with Gasteiger partial charge >= 0.3 is 0 Å². The Kier molecular flexibility index (Phi) is 7.16. The fraction of sp³-hybridized carbons (Fsp3) is 0.500. The van der Waals surface area contributed by atoms with Crippen molar-refractivity contribution in [1.82, 2.24) is 24.5 Å². The summed E-state index contributed by atoms with van der Waals surface area (Å²) in [7, 11) is 1.76. The number of aliphatic hydroxyl groups is 1. The molecule has 0 saturated heterocycles. The van der Waals surface area contributed by atoms with Crippen molar-refractivity contribution < 1.29 is 9.90 Å². The number of anilines is 3. The lowest BCUT2D eigenvalue weighted by Crippen LogP contribution is -2.30. The van der Waals surface area contributed by atoms with Gasteiger partial charge in [0.1, 0.15) is 22.9 Å². The molecule has 0 radical (unpaired) electrons. The Morgan fingerprint density at radius 2 is 2.00 bits per heavy atom. The second kappa shape index (κ2) is 10.3. The van der Waals surface area contributed by atoms with E-state index in [4.69, 9.17) is 0 Å². The van der Waals surface area contributed by atoms with Gasteiger partial charge in [-0.15, -0.1) is 0 Å². The number of carbonyl (C=O) groups is 1. The SMILES string of the molecule is CC.CNc1cc(Nc2cccn(C3CCCC(O)C3)c2=O)nc2c(C(=O)NC3CC3)cnn12. The van der Waals surface area contributed by atoms with Crippen LogP contribution in [0.2, 0.25) is 0 Å². The molecule has 5 rings (SSSR count). The first-order valence-corrected chi connectivity index (χ1v) is 12.1. The third-order valence-electron chi connectivity index (χ3n) is 6.13. The number of nitrogens with one attached hydrogen (secondary N) is 3. The van der Waals surface area contributed by atoms with Crippen molar-refractivity contribution in [3.05, 3.63) is 46.5 Å². The Balaban J connectivity index is 0.00000133. The first-order valence-electron chi connectivity index (χ1n) is 12.1. The molecule has 3 aromatic rings. The maximum atomic E-state index is 13.1. The zero-order chi connectivity index (χ0) is 24.2. The molecule has 0 aromatic carbocycles. The number of nitrogens with zero attached hydrogens (tertiary/aromatic N) is 4. The molecule has 0 aliphatic heterocycles. The predicted molar refractivity (Wildman–Crippen MR) is 132 cm³/mol. The predicted octanol–water partition coefficient (Wildman–Crippen LogP) is 3.07. The average Bonchev–Trinajstić information content (AvgIpc) is 3.56. The Morgan fingerprint density at radius 3 is 2.71 bits per heavy atom. The molecule has 10 nitrogen and oxygen atoms in total. The second-order valence-electron chi connectivity index (χ2n) is 8.55. The van der Waals surface area contributed by atoms with Crippen LogP contribution < -0.4 is 21.5 Å². The Morgan fingerprint density at radius 1 is 1.21 bits per heavy atom. The van der Waals surface area contributed by atoms with E-state index in [-0.39, 0.29) is 29.7 Å². The number of carbonyl (C=O) groups excluding carboxylic acids is 1. The molecule has 0 bridgehead atoms. The standard InChI is InChI=1S/C22H27N7O3.C2H6/c1-23-19-11-18(27-20-16(12-24-29(19)20)21(31)25-13-7-8-13)26-17-6-3-9-28(22(17)32)14-4-2-5-15(30)10-14;1-2/h3,6,9,11-15,23,30H,2,4-5,7-8,10H2,1H3,(H,25,31)(H,26,27);1-2H3. The minimum Gasteiger partial charge on any atom is -0.393 e. The van der Waals surface area contributed by atoms with Gasteiger partial charge in [0.05, 0.1) is 12.3 Å². The van der Waals surface area contributed by atoms with Crippen LogP contribution in [0.3, 0.4) is 0 Å². The van der Waals surface area contributed by atoms with E-state index in [0.29, 0.717) is 35.0 Å². The van der Waals surface area contributed by atoms with Gasteiger partial charge in [-0.1, -0.05) is 13.8 Å². The first kappa shape index (κ1) is 23.7. The summed E-state index contributed by atoms with van der Waals surface area (Å²) >= 11 is 0.